The van der Waals surface area contributed by atoms with Gasteiger partial charge in [0.2, 0.25) is 0 Å². The smallest absolute Gasteiger partial charge is 0.0537 e. The number of likely N-dealkylation sites (tertiary alicyclic amines) is 1. The Morgan fingerprint density at radius 1 is 1.32 bits per heavy atom. The van der Waals surface area contributed by atoms with Crippen molar-refractivity contribution in [2.45, 2.75) is 60.0 Å². The summed E-state index contributed by atoms with van der Waals surface area (Å²) in [4.78, 5) is 2.60. The van der Waals surface area contributed by atoms with Gasteiger partial charge in [0.25, 0.3) is 0 Å². The van der Waals surface area contributed by atoms with Gasteiger partial charge < -0.3 is 0 Å². The molecule has 0 aliphatic carbocycles. The zero-order valence-corrected chi connectivity index (χ0v) is 13.0. The van der Waals surface area contributed by atoms with Gasteiger partial charge in [-0.25, -0.2) is 0 Å². The Kier molecular flexibility index (Phi) is 5.03. The van der Waals surface area contributed by atoms with Gasteiger partial charge in [0, 0.05) is 24.3 Å². The largest absolute Gasteiger partial charge is 0.299 e. The monoisotopic (exact) mass is 263 g/mol. The SMILES string of the molecule is CCC(C)C1CCN(Cc2cnn(CC)c2C)CC1. The van der Waals surface area contributed by atoms with Gasteiger partial charge in [-0.15, -0.1) is 0 Å². The van der Waals surface area contributed by atoms with Crippen molar-refractivity contribution in [3.63, 3.8) is 0 Å². The van der Waals surface area contributed by atoms with Gasteiger partial charge in [-0.2, -0.15) is 5.10 Å². The normalized spacial score (nSPS) is 19.8. The average molecular weight is 263 g/mol. The minimum Gasteiger partial charge on any atom is -0.299 e. The molecular formula is C16H29N3. The number of hydrogen-bond donors (Lipinski definition) is 0. The third kappa shape index (κ3) is 3.38. The maximum atomic E-state index is 4.45. The second-order valence-electron chi connectivity index (χ2n) is 6.07. The molecule has 2 rings (SSSR count). The Balaban J connectivity index is 1.87. The molecule has 1 aliphatic rings. The van der Waals surface area contributed by atoms with E-state index in [1.54, 1.807) is 0 Å². The second-order valence-corrected chi connectivity index (χ2v) is 6.07. The second kappa shape index (κ2) is 6.56. The molecular weight excluding hydrogens is 234 g/mol. The molecule has 3 heteroatoms. The third-order valence-corrected chi connectivity index (χ3v) is 4.98. The molecule has 0 radical (unpaired) electrons. The van der Waals surface area contributed by atoms with E-state index in [4.69, 9.17) is 0 Å². The molecule has 3 nitrogen and oxygen atoms in total. The Hall–Kier alpha value is -0.830. The number of hydrogen-bond acceptors (Lipinski definition) is 2. The first kappa shape index (κ1) is 14.6. The Labute approximate surface area is 118 Å². The molecule has 1 fully saturated rings. The fourth-order valence-electron chi connectivity index (χ4n) is 3.21. The molecule has 1 saturated heterocycles. The Morgan fingerprint density at radius 2 is 2.00 bits per heavy atom. The zero-order chi connectivity index (χ0) is 13.8. The van der Waals surface area contributed by atoms with E-state index in [2.05, 4.69) is 48.6 Å². The van der Waals surface area contributed by atoms with Crippen molar-refractivity contribution in [2.75, 3.05) is 13.1 Å². The van der Waals surface area contributed by atoms with Crippen LogP contribution in [0.25, 0.3) is 0 Å². The number of aromatic nitrogens is 2. The summed E-state index contributed by atoms with van der Waals surface area (Å²) in [6.07, 6.45) is 6.12. The van der Waals surface area contributed by atoms with Crippen LogP contribution < -0.4 is 0 Å². The Morgan fingerprint density at radius 3 is 2.53 bits per heavy atom. The molecule has 0 N–H and O–H groups in total. The van der Waals surface area contributed by atoms with Crippen molar-refractivity contribution in [2.24, 2.45) is 11.8 Å². The molecule has 19 heavy (non-hydrogen) atoms. The van der Waals surface area contributed by atoms with Crippen LogP contribution in [-0.4, -0.2) is 27.8 Å². The van der Waals surface area contributed by atoms with Gasteiger partial charge in [0.1, 0.15) is 0 Å². The van der Waals surface area contributed by atoms with Gasteiger partial charge in [-0.1, -0.05) is 20.3 Å². The fraction of sp³-hybridized carbons (Fsp3) is 0.812. The molecule has 0 saturated carbocycles. The molecule has 1 unspecified atom stereocenters. The third-order valence-electron chi connectivity index (χ3n) is 4.98. The van der Waals surface area contributed by atoms with E-state index in [0.29, 0.717) is 0 Å². The van der Waals surface area contributed by atoms with Crippen molar-refractivity contribution in [3.8, 4) is 0 Å². The van der Waals surface area contributed by atoms with E-state index in [1.165, 1.54) is 43.6 Å². The molecule has 2 heterocycles. The zero-order valence-electron chi connectivity index (χ0n) is 13.0. The lowest BCUT2D eigenvalue weighted by atomic mass is 9.84. The predicted molar refractivity (Wildman–Crippen MR) is 80.1 cm³/mol. The lowest BCUT2D eigenvalue weighted by Gasteiger charge is -2.34. The molecule has 0 bridgehead atoms. The van der Waals surface area contributed by atoms with Crippen molar-refractivity contribution in [1.82, 2.24) is 14.7 Å². The Bertz CT molecular complexity index is 389. The molecule has 1 atom stereocenters. The minimum atomic E-state index is 0.895. The maximum absolute atomic E-state index is 4.45. The maximum Gasteiger partial charge on any atom is 0.0537 e. The number of nitrogens with zero attached hydrogens (tertiary/aromatic N) is 3. The first-order chi connectivity index (χ1) is 9.15. The quantitative estimate of drug-likeness (QED) is 0.811. The van der Waals surface area contributed by atoms with E-state index in [-0.39, 0.29) is 0 Å². The summed E-state index contributed by atoms with van der Waals surface area (Å²) in [7, 11) is 0. The standard InChI is InChI=1S/C16H29N3/c1-5-13(3)15-7-9-18(10-8-15)12-16-11-17-19(6-2)14(16)4/h11,13,15H,5-10,12H2,1-4H3. The summed E-state index contributed by atoms with van der Waals surface area (Å²) >= 11 is 0. The van der Waals surface area contributed by atoms with Crippen molar-refractivity contribution >= 4 is 0 Å². The first-order valence-electron chi connectivity index (χ1n) is 7.89. The van der Waals surface area contributed by atoms with Crippen molar-refractivity contribution < 1.29 is 0 Å². The van der Waals surface area contributed by atoms with Crippen LogP contribution in [0.1, 0.15) is 51.3 Å². The highest BCUT2D eigenvalue weighted by Crippen LogP contribution is 2.27. The van der Waals surface area contributed by atoms with Crippen molar-refractivity contribution in [1.29, 1.82) is 0 Å². The molecule has 0 spiro atoms. The highest BCUT2D eigenvalue weighted by atomic mass is 15.3. The van der Waals surface area contributed by atoms with Gasteiger partial charge in [-0.3, -0.25) is 9.58 Å². The van der Waals surface area contributed by atoms with Gasteiger partial charge in [0.15, 0.2) is 0 Å². The van der Waals surface area contributed by atoms with Crippen LogP contribution >= 0.6 is 0 Å². The van der Waals surface area contributed by atoms with Crippen LogP contribution in [-0.2, 0) is 13.1 Å². The van der Waals surface area contributed by atoms with E-state index >= 15 is 0 Å². The average Bonchev–Trinajstić information content (AvgIpc) is 2.79. The van der Waals surface area contributed by atoms with Gasteiger partial charge >= 0.3 is 0 Å². The van der Waals surface area contributed by atoms with Crippen molar-refractivity contribution in [3.05, 3.63) is 17.5 Å². The highest BCUT2D eigenvalue weighted by Gasteiger charge is 2.23. The summed E-state index contributed by atoms with van der Waals surface area (Å²) in [6, 6.07) is 0. The lowest BCUT2D eigenvalue weighted by molar-refractivity contribution is 0.145. The van der Waals surface area contributed by atoms with E-state index < -0.39 is 0 Å². The summed E-state index contributed by atoms with van der Waals surface area (Å²) in [6.45, 7) is 13.6. The molecule has 108 valence electrons. The lowest BCUT2D eigenvalue weighted by Crippen LogP contribution is -2.35. The molecule has 0 aromatic carbocycles. The van der Waals surface area contributed by atoms with E-state index in [0.717, 1.165) is 24.9 Å². The summed E-state index contributed by atoms with van der Waals surface area (Å²) in [5, 5.41) is 4.45. The number of piperidine rings is 1. The highest BCUT2D eigenvalue weighted by molar-refractivity contribution is 5.16. The van der Waals surface area contributed by atoms with Gasteiger partial charge in [0.05, 0.1) is 6.20 Å². The number of rotatable bonds is 5. The molecule has 0 amide bonds. The van der Waals surface area contributed by atoms with Crippen LogP contribution in [0.4, 0.5) is 0 Å². The van der Waals surface area contributed by atoms with Crippen LogP contribution in [0.3, 0.4) is 0 Å². The summed E-state index contributed by atoms with van der Waals surface area (Å²) in [5.41, 5.74) is 2.75. The fourth-order valence-corrected chi connectivity index (χ4v) is 3.21. The van der Waals surface area contributed by atoms with E-state index in [9.17, 15) is 0 Å². The van der Waals surface area contributed by atoms with E-state index in [1.807, 2.05) is 0 Å². The summed E-state index contributed by atoms with van der Waals surface area (Å²) < 4.78 is 2.10. The summed E-state index contributed by atoms with van der Waals surface area (Å²) in [5.74, 6) is 1.84. The number of aryl methyl sites for hydroxylation is 1. The topological polar surface area (TPSA) is 21.1 Å². The van der Waals surface area contributed by atoms with Gasteiger partial charge in [-0.05, 0) is 51.6 Å². The van der Waals surface area contributed by atoms with Crippen LogP contribution in [0, 0.1) is 18.8 Å². The predicted octanol–water partition coefficient (Wildman–Crippen LogP) is 3.47. The van der Waals surface area contributed by atoms with Crippen LogP contribution in [0.5, 0.6) is 0 Å². The van der Waals surface area contributed by atoms with Crippen LogP contribution in [0.15, 0.2) is 6.20 Å². The first-order valence-corrected chi connectivity index (χ1v) is 7.89. The molecule has 1 aromatic rings. The molecule has 1 aliphatic heterocycles. The minimum absolute atomic E-state index is 0.895. The molecule has 1 aromatic heterocycles. The van der Waals surface area contributed by atoms with Crippen LogP contribution in [0.2, 0.25) is 0 Å².